The molecule has 8 heteroatoms. The van der Waals surface area contributed by atoms with Crippen molar-refractivity contribution < 1.29 is 14.1 Å². The van der Waals surface area contributed by atoms with Gasteiger partial charge in [0.2, 0.25) is 17.6 Å². The van der Waals surface area contributed by atoms with Crippen LogP contribution in [-0.4, -0.2) is 35.8 Å². The summed E-state index contributed by atoms with van der Waals surface area (Å²) in [6.45, 7) is 2.00. The van der Waals surface area contributed by atoms with Gasteiger partial charge in [0.1, 0.15) is 0 Å². The molecule has 1 aliphatic rings. The number of carbonyl (C=O) groups excluding carboxylic acids is 1. The normalized spacial score (nSPS) is 15.9. The van der Waals surface area contributed by atoms with Crippen LogP contribution in [-0.2, 0) is 21.4 Å². The van der Waals surface area contributed by atoms with Gasteiger partial charge in [0.15, 0.2) is 0 Å². The fourth-order valence-electron chi connectivity index (χ4n) is 3.59. The summed E-state index contributed by atoms with van der Waals surface area (Å²) in [5.74, 6) is 1.03. The molecule has 6 nitrogen and oxygen atoms in total. The maximum Gasteiger partial charge on any atom is 0.227 e. The quantitative estimate of drug-likeness (QED) is 0.549. The first-order chi connectivity index (χ1) is 14.1. The fourth-order valence-corrected chi connectivity index (χ4v) is 4.62. The van der Waals surface area contributed by atoms with Gasteiger partial charge < -0.3 is 14.6 Å². The molecule has 3 aromatic rings. The molecule has 1 N–H and O–H groups in total. The Hall–Kier alpha value is -2.03. The Balaban J connectivity index is 1.35. The van der Waals surface area contributed by atoms with Crippen LogP contribution in [0.4, 0.5) is 0 Å². The number of thiophene rings is 1. The van der Waals surface area contributed by atoms with Gasteiger partial charge in [-0.15, -0.1) is 0 Å². The van der Waals surface area contributed by atoms with Gasteiger partial charge >= 0.3 is 0 Å². The molecule has 1 aromatic carbocycles. The zero-order valence-corrected chi connectivity index (χ0v) is 18.3. The van der Waals surface area contributed by atoms with Crippen molar-refractivity contribution in [3.05, 3.63) is 57.0 Å². The van der Waals surface area contributed by atoms with Crippen molar-refractivity contribution in [3.63, 3.8) is 0 Å². The molecule has 0 radical (unpaired) electrons. The number of rotatable bonds is 7. The molecule has 1 fully saturated rings. The van der Waals surface area contributed by atoms with E-state index in [-0.39, 0.29) is 11.3 Å². The lowest BCUT2D eigenvalue weighted by atomic mass is 9.74. The molecule has 29 heavy (non-hydrogen) atoms. The summed E-state index contributed by atoms with van der Waals surface area (Å²) in [6, 6.07) is 10.3. The van der Waals surface area contributed by atoms with Gasteiger partial charge in [0, 0.05) is 53.4 Å². The summed E-state index contributed by atoms with van der Waals surface area (Å²) in [7, 11) is 0. The number of halogens is 1. The van der Waals surface area contributed by atoms with Gasteiger partial charge in [-0.2, -0.15) is 16.3 Å². The van der Waals surface area contributed by atoms with Crippen molar-refractivity contribution in [2.75, 3.05) is 19.8 Å². The lowest BCUT2D eigenvalue weighted by molar-refractivity contribution is -0.121. The predicted octanol–water partition coefficient (Wildman–Crippen LogP) is 4.36. The Bertz CT molecular complexity index is 952. The third-order valence-corrected chi connectivity index (χ3v) is 6.50. The Morgan fingerprint density at radius 3 is 2.90 bits per heavy atom. The Labute approximate surface area is 181 Å². The Morgan fingerprint density at radius 1 is 1.28 bits per heavy atom. The first-order valence-corrected chi connectivity index (χ1v) is 11.3. The largest absolute Gasteiger partial charge is 0.381 e. The van der Waals surface area contributed by atoms with Crippen LogP contribution >= 0.6 is 27.3 Å². The van der Waals surface area contributed by atoms with Crippen molar-refractivity contribution in [1.29, 1.82) is 0 Å². The Morgan fingerprint density at radius 2 is 2.14 bits per heavy atom. The highest BCUT2D eigenvalue weighted by molar-refractivity contribution is 9.10. The highest BCUT2D eigenvalue weighted by atomic mass is 79.9. The maximum atomic E-state index is 12.5. The van der Waals surface area contributed by atoms with Gasteiger partial charge in [-0.05, 0) is 42.0 Å². The molecular weight excluding hydrogens is 454 g/mol. The minimum Gasteiger partial charge on any atom is -0.381 e. The van der Waals surface area contributed by atoms with Crippen LogP contribution in [0.2, 0.25) is 0 Å². The van der Waals surface area contributed by atoms with E-state index in [2.05, 4.69) is 43.5 Å². The van der Waals surface area contributed by atoms with Gasteiger partial charge in [-0.3, -0.25) is 4.79 Å². The van der Waals surface area contributed by atoms with E-state index in [4.69, 9.17) is 9.26 Å². The van der Waals surface area contributed by atoms with Gasteiger partial charge in [0.05, 0.1) is 0 Å². The smallest absolute Gasteiger partial charge is 0.227 e. The minimum absolute atomic E-state index is 0.0128. The number of ether oxygens (including phenoxy) is 1. The first kappa shape index (κ1) is 20.3. The van der Waals surface area contributed by atoms with E-state index in [0.29, 0.717) is 44.3 Å². The monoisotopic (exact) mass is 475 g/mol. The second-order valence-corrected chi connectivity index (χ2v) is 8.90. The lowest BCUT2D eigenvalue weighted by Crippen LogP contribution is -2.44. The number of amides is 1. The number of aryl methyl sites for hydroxylation is 1. The molecule has 1 aliphatic heterocycles. The molecular formula is C21H22BrN3O3S. The van der Waals surface area contributed by atoms with Crippen LogP contribution in [0.25, 0.3) is 11.4 Å². The molecule has 0 saturated carbocycles. The molecule has 0 atom stereocenters. The van der Waals surface area contributed by atoms with Crippen LogP contribution in [0.15, 0.2) is 50.1 Å². The van der Waals surface area contributed by atoms with Gasteiger partial charge in [-0.1, -0.05) is 33.2 Å². The highest BCUT2D eigenvalue weighted by Crippen LogP contribution is 2.35. The molecule has 0 unspecified atom stereocenters. The molecule has 0 bridgehead atoms. The second-order valence-electron chi connectivity index (χ2n) is 7.20. The van der Waals surface area contributed by atoms with E-state index in [0.717, 1.165) is 22.9 Å². The average Bonchev–Trinajstić information content (AvgIpc) is 3.43. The molecule has 1 amide bonds. The molecule has 152 valence electrons. The van der Waals surface area contributed by atoms with Gasteiger partial charge in [0.25, 0.3) is 0 Å². The number of carbonyl (C=O) groups is 1. The molecule has 0 aliphatic carbocycles. The average molecular weight is 476 g/mol. The summed E-state index contributed by atoms with van der Waals surface area (Å²) in [4.78, 5) is 16.9. The minimum atomic E-state index is -0.103. The Kier molecular flexibility index (Phi) is 6.42. The summed E-state index contributed by atoms with van der Waals surface area (Å²) in [6.07, 6.45) is 2.51. The van der Waals surface area contributed by atoms with Crippen molar-refractivity contribution in [2.24, 2.45) is 0 Å². The number of nitrogens with zero attached hydrogens (tertiary/aromatic N) is 2. The summed E-state index contributed by atoms with van der Waals surface area (Å²) >= 11 is 5.14. The molecule has 4 rings (SSSR count). The predicted molar refractivity (Wildman–Crippen MR) is 115 cm³/mol. The molecule has 2 aromatic heterocycles. The van der Waals surface area contributed by atoms with E-state index >= 15 is 0 Å². The molecule has 0 spiro atoms. The van der Waals surface area contributed by atoms with Crippen molar-refractivity contribution in [2.45, 2.75) is 31.1 Å². The summed E-state index contributed by atoms with van der Waals surface area (Å²) < 4.78 is 11.9. The number of hydrogen-bond acceptors (Lipinski definition) is 6. The van der Waals surface area contributed by atoms with Crippen molar-refractivity contribution >= 4 is 33.2 Å². The maximum absolute atomic E-state index is 12.5. The van der Waals surface area contributed by atoms with E-state index in [1.807, 2.05) is 29.0 Å². The standard InChI is InChI=1S/C21H22BrN3O3S/c22-17-3-1-2-16(12-17)21(7-9-27-10-8-21)14-23-18(26)4-5-19-24-20(25-28-19)15-6-11-29-13-15/h1-3,6,11-13H,4-5,7-10,14H2,(H,23,26). The third kappa shape index (κ3) is 4.94. The SMILES string of the molecule is O=C(CCc1nc(-c2ccsc2)no1)NCC1(c2cccc(Br)c2)CCOCC1. The second kappa shape index (κ2) is 9.19. The van der Waals surface area contributed by atoms with Crippen molar-refractivity contribution in [3.8, 4) is 11.4 Å². The van der Waals surface area contributed by atoms with Gasteiger partial charge in [-0.25, -0.2) is 0 Å². The number of aromatic nitrogens is 2. The van der Waals surface area contributed by atoms with E-state index in [9.17, 15) is 4.79 Å². The zero-order chi connectivity index (χ0) is 20.1. The van der Waals surface area contributed by atoms with Crippen LogP contribution in [0.3, 0.4) is 0 Å². The third-order valence-electron chi connectivity index (χ3n) is 5.32. The van der Waals surface area contributed by atoms with Crippen LogP contribution in [0, 0.1) is 0 Å². The number of hydrogen-bond donors (Lipinski definition) is 1. The topological polar surface area (TPSA) is 77.2 Å². The van der Waals surface area contributed by atoms with Crippen LogP contribution < -0.4 is 5.32 Å². The highest BCUT2D eigenvalue weighted by Gasteiger charge is 2.35. The molecule has 1 saturated heterocycles. The zero-order valence-electron chi connectivity index (χ0n) is 15.9. The van der Waals surface area contributed by atoms with E-state index in [1.54, 1.807) is 11.3 Å². The summed E-state index contributed by atoms with van der Waals surface area (Å²) in [5.41, 5.74) is 2.06. The van der Waals surface area contributed by atoms with E-state index < -0.39 is 0 Å². The lowest BCUT2D eigenvalue weighted by Gasteiger charge is -2.38. The van der Waals surface area contributed by atoms with Crippen LogP contribution in [0.5, 0.6) is 0 Å². The number of nitrogens with one attached hydrogen (secondary N) is 1. The van der Waals surface area contributed by atoms with Crippen molar-refractivity contribution in [1.82, 2.24) is 15.5 Å². The van der Waals surface area contributed by atoms with E-state index in [1.165, 1.54) is 5.56 Å². The first-order valence-electron chi connectivity index (χ1n) is 9.60. The number of benzene rings is 1. The van der Waals surface area contributed by atoms with Crippen LogP contribution in [0.1, 0.15) is 30.7 Å². The fraction of sp³-hybridized carbons (Fsp3) is 0.381. The molecule has 3 heterocycles. The summed E-state index contributed by atoms with van der Waals surface area (Å²) in [5, 5.41) is 11.0.